The number of benzene rings is 1. The van der Waals surface area contributed by atoms with Crippen LogP contribution in [-0.4, -0.2) is 36.6 Å². The van der Waals surface area contributed by atoms with Crippen LogP contribution in [-0.2, 0) is 0 Å². The average molecular weight is 272 g/mol. The number of hydrogen-bond acceptors (Lipinski definition) is 2. The van der Waals surface area contributed by atoms with Crippen LogP contribution in [0.2, 0.25) is 0 Å². The van der Waals surface area contributed by atoms with Gasteiger partial charge in [0.1, 0.15) is 0 Å². The van der Waals surface area contributed by atoms with E-state index in [2.05, 4.69) is 61.0 Å². The van der Waals surface area contributed by atoms with Crippen LogP contribution in [0.25, 0.3) is 5.57 Å². The molecule has 1 N–H and O–H groups in total. The lowest BCUT2D eigenvalue weighted by Gasteiger charge is -2.33. The molecule has 1 aromatic carbocycles. The van der Waals surface area contributed by atoms with Crippen LogP contribution in [0.4, 0.5) is 0 Å². The van der Waals surface area contributed by atoms with Crippen LogP contribution < -0.4 is 5.32 Å². The summed E-state index contributed by atoms with van der Waals surface area (Å²) in [7, 11) is 0. The second-order valence-electron chi connectivity index (χ2n) is 6.14. The molecule has 0 aromatic heterocycles. The Bertz CT molecular complexity index is 405. The molecule has 0 spiro atoms. The van der Waals surface area contributed by atoms with Crippen LogP contribution in [0.3, 0.4) is 0 Å². The molecule has 0 aliphatic carbocycles. The second-order valence-corrected chi connectivity index (χ2v) is 6.14. The van der Waals surface area contributed by atoms with Crippen LogP contribution in [0.1, 0.15) is 38.7 Å². The minimum absolute atomic E-state index is 0.555. The standard InChI is InChI=1S/C18H28N2/c1-15(2)20(14-18-11-7-8-12-19-18)13-16(3)17-9-5-4-6-10-17/h4-6,9-10,15,18-19H,3,7-8,11-14H2,1-2H3. The van der Waals surface area contributed by atoms with Gasteiger partial charge in [0.2, 0.25) is 0 Å². The van der Waals surface area contributed by atoms with E-state index in [0.29, 0.717) is 12.1 Å². The van der Waals surface area contributed by atoms with Crippen molar-refractivity contribution in [1.82, 2.24) is 10.2 Å². The quantitative estimate of drug-likeness (QED) is 0.852. The molecule has 0 radical (unpaired) electrons. The zero-order valence-electron chi connectivity index (χ0n) is 12.9. The lowest BCUT2D eigenvalue weighted by atomic mass is 10.0. The summed E-state index contributed by atoms with van der Waals surface area (Å²) < 4.78 is 0. The Morgan fingerprint density at radius 3 is 2.65 bits per heavy atom. The zero-order chi connectivity index (χ0) is 14.4. The van der Waals surface area contributed by atoms with Crippen molar-refractivity contribution in [3.63, 3.8) is 0 Å². The Morgan fingerprint density at radius 1 is 1.30 bits per heavy atom. The van der Waals surface area contributed by atoms with Gasteiger partial charge in [0.05, 0.1) is 0 Å². The molecule has 110 valence electrons. The highest BCUT2D eigenvalue weighted by molar-refractivity contribution is 5.64. The van der Waals surface area contributed by atoms with Crippen molar-refractivity contribution in [2.24, 2.45) is 0 Å². The van der Waals surface area contributed by atoms with Gasteiger partial charge in [0, 0.05) is 25.2 Å². The average Bonchev–Trinajstić information content (AvgIpc) is 2.48. The minimum atomic E-state index is 0.555. The smallest absolute Gasteiger partial charge is 0.0237 e. The zero-order valence-corrected chi connectivity index (χ0v) is 12.9. The molecule has 1 aliphatic heterocycles. The molecule has 0 saturated carbocycles. The molecule has 0 bridgehead atoms. The molecule has 2 rings (SSSR count). The third-order valence-electron chi connectivity index (χ3n) is 4.17. The van der Waals surface area contributed by atoms with Gasteiger partial charge in [-0.3, -0.25) is 4.90 Å². The maximum absolute atomic E-state index is 4.28. The maximum Gasteiger partial charge on any atom is 0.0237 e. The Morgan fingerprint density at radius 2 is 2.05 bits per heavy atom. The van der Waals surface area contributed by atoms with Crippen molar-refractivity contribution in [1.29, 1.82) is 0 Å². The van der Waals surface area contributed by atoms with Gasteiger partial charge in [-0.05, 0) is 44.4 Å². The maximum atomic E-state index is 4.28. The van der Waals surface area contributed by atoms with E-state index in [1.807, 2.05) is 0 Å². The number of nitrogens with one attached hydrogen (secondary N) is 1. The monoisotopic (exact) mass is 272 g/mol. The van der Waals surface area contributed by atoms with Gasteiger partial charge in [0.25, 0.3) is 0 Å². The van der Waals surface area contributed by atoms with E-state index in [1.54, 1.807) is 0 Å². The summed E-state index contributed by atoms with van der Waals surface area (Å²) in [6.45, 7) is 12.1. The van der Waals surface area contributed by atoms with Gasteiger partial charge < -0.3 is 5.32 Å². The molecule has 1 unspecified atom stereocenters. The molecule has 2 nitrogen and oxygen atoms in total. The Kier molecular flexibility index (Phi) is 5.81. The van der Waals surface area contributed by atoms with Gasteiger partial charge in [-0.1, -0.05) is 43.3 Å². The Balaban J connectivity index is 1.93. The first-order valence-electron chi connectivity index (χ1n) is 7.87. The Labute approximate surface area is 123 Å². The predicted octanol–water partition coefficient (Wildman–Crippen LogP) is 3.55. The summed E-state index contributed by atoms with van der Waals surface area (Å²) in [4.78, 5) is 2.54. The van der Waals surface area contributed by atoms with E-state index in [4.69, 9.17) is 0 Å². The fourth-order valence-electron chi connectivity index (χ4n) is 2.83. The summed E-state index contributed by atoms with van der Waals surface area (Å²) in [5, 5.41) is 3.65. The van der Waals surface area contributed by atoms with Crippen LogP contribution >= 0.6 is 0 Å². The van der Waals surface area contributed by atoms with Gasteiger partial charge >= 0.3 is 0 Å². The highest BCUT2D eigenvalue weighted by Crippen LogP contribution is 2.17. The summed E-state index contributed by atoms with van der Waals surface area (Å²) in [6.07, 6.45) is 4.00. The molecule has 1 fully saturated rings. The summed E-state index contributed by atoms with van der Waals surface area (Å²) in [6, 6.07) is 11.7. The third-order valence-corrected chi connectivity index (χ3v) is 4.17. The van der Waals surface area contributed by atoms with Crippen molar-refractivity contribution in [3.05, 3.63) is 42.5 Å². The van der Waals surface area contributed by atoms with Crippen molar-refractivity contribution in [2.45, 2.75) is 45.2 Å². The number of hydrogen-bond donors (Lipinski definition) is 1. The van der Waals surface area contributed by atoms with Gasteiger partial charge in [-0.2, -0.15) is 0 Å². The van der Waals surface area contributed by atoms with Gasteiger partial charge in [0.15, 0.2) is 0 Å². The van der Waals surface area contributed by atoms with Crippen LogP contribution in [0, 0.1) is 0 Å². The van der Waals surface area contributed by atoms with E-state index in [1.165, 1.54) is 36.9 Å². The van der Waals surface area contributed by atoms with Crippen molar-refractivity contribution >= 4 is 5.57 Å². The van der Waals surface area contributed by atoms with Crippen LogP contribution in [0.5, 0.6) is 0 Å². The molecule has 20 heavy (non-hydrogen) atoms. The molecule has 1 aliphatic rings. The molecule has 1 aromatic rings. The second kappa shape index (κ2) is 7.61. The first kappa shape index (κ1) is 15.3. The lowest BCUT2D eigenvalue weighted by molar-refractivity contribution is 0.206. The summed E-state index contributed by atoms with van der Waals surface area (Å²) in [5.74, 6) is 0. The van der Waals surface area contributed by atoms with E-state index in [0.717, 1.165) is 13.1 Å². The molecular formula is C18H28N2. The van der Waals surface area contributed by atoms with Crippen molar-refractivity contribution < 1.29 is 0 Å². The topological polar surface area (TPSA) is 15.3 Å². The first-order valence-corrected chi connectivity index (χ1v) is 7.87. The molecule has 2 heteroatoms. The molecule has 1 heterocycles. The van der Waals surface area contributed by atoms with Gasteiger partial charge in [-0.15, -0.1) is 0 Å². The predicted molar refractivity (Wildman–Crippen MR) is 87.8 cm³/mol. The Hall–Kier alpha value is -1.12. The largest absolute Gasteiger partial charge is 0.313 e. The number of rotatable bonds is 6. The van der Waals surface area contributed by atoms with Crippen LogP contribution in [0.15, 0.2) is 36.9 Å². The number of nitrogens with zero attached hydrogens (tertiary/aromatic N) is 1. The van der Waals surface area contributed by atoms with E-state index in [9.17, 15) is 0 Å². The highest BCUT2D eigenvalue weighted by atomic mass is 15.2. The third kappa shape index (κ3) is 4.46. The van der Waals surface area contributed by atoms with E-state index < -0.39 is 0 Å². The van der Waals surface area contributed by atoms with Crippen molar-refractivity contribution in [3.8, 4) is 0 Å². The lowest BCUT2D eigenvalue weighted by Crippen LogP contribution is -2.46. The summed E-state index contributed by atoms with van der Waals surface area (Å²) in [5.41, 5.74) is 2.48. The molecular weight excluding hydrogens is 244 g/mol. The first-order chi connectivity index (χ1) is 9.66. The van der Waals surface area contributed by atoms with Gasteiger partial charge in [-0.25, -0.2) is 0 Å². The fourth-order valence-corrected chi connectivity index (χ4v) is 2.83. The summed E-state index contributed by atoms with van der Waals surface area (Å²) >= 11 is 0. The SMILES string of the molecule is C=C(CN(CC1CCCCN1)C(C)C)c1ccccc1. The molecule has 1 saturated heterocycles. The molecule has 0 amide bonds. The molecule has 1 atom stereocenters. The highest BCUT2D eigenvalue weighted by Gasteiger charge is 2.19. The normalized spacial score (nSPS) is 19.5. The minimum Gasteiger partial charge on any atom is -0.313 e. The van der Waals surface area contributed by atoms with E-state index >= 15 is 0 Å². The van der Waals surface area contributed by atoms with E-state index in [-0.39, 0.29) is 0 Å². The number of piperidine rings is 1. The fraction of sp³-hybridized carbons (Fsp3) is 0.556. The van der Waals surface area contributed by atoms with Crippen molar-refractivity contribution in [2.75, 3.05) is 19.6 Å².